The van der Waals surface area contributed by atoms with E-state index in [1.165, 1.54) is 0 Å². The molecule has 1 amide bonds. The summed E-state index contributed by atoms with van der Waals surface area (Å²) < 4.78 is 209. The van der Waals surface area contributed by atoms with Crippen LogP contribution >= 0.6 is 0 Å². The molecule has 0 fully saturated rings. The van der Waals surface area contributed by atoms with Gasteiger partial charge in [-0.25, -0.2) is 8.78 Å². The second-order valence-electron chi connectivity index (χ2n) is 6.06. The second-order valence-corrected chi connectivity index (χ2v) is 6.06. The van der Waals surface area contributed by atoms with E-state index < -0.39 is 73.4 Å². The van der Waals surface area contributed by atoms with Crippen LogP contribution in [-0.2, 0) is 4.79 Å². The summed E-state index contributed by atoms with van der Waals surface area (Å²) in [6.45, 7) is -1.73. The maximum atomic E-state index is 13.5. The first kappa shape index (κ1) is 30.3. The molecule has 19 heteroatoms. The minimum absolute atomic E-state index is 0.296. The Labute approximate surface area is 166 Å². The van der Waals surface area contributed by atoms with Gasteiger partial charge < -0.3 is 10.4 Å². The van der Waals surface area contributed by atoms with Gasteiger partial charge in [0.1, 0.15) is 0 Å². The molecule has 0 aliphatic heterocycles. The van der Waals surface area contributed by atoms with Crippen LogP contribution in [0.5, 0.6) is 0 Å². The molecule has 0 aliphatic carbocycles. The number of aliphatic hydroxyl groups is 1. The number of halogens is 16. The van der Waals surface area contributed by atoms with E-state index in [0.29, 0.717) is 0 Å². The molecule has 0 rings (SSSR count). The van der Waals surface area contributed by atoms with Crippen molar-refractivity contribution in [3.05, 3.63) is 0 Å². The molecular formula is C13H11F16NO2. The highest BCUT2D eigenvalue weighted by atomic mass is 19.4. The topological polar surface area (TPSA) is 49.3 Å². The molecule has 0 aromatic rings. The van der Waals surface area contributed by atoms with Gasteiger partial charge in [0.15, 0.2) is 0 Å². The van der Waals surface area contributed by atoms with Gasteiger partial charge in [-0.3, -0.25) is 4.79 Å². The van der Waals surface area contributed by atoms with Crippen molar-refractivity contribution in [2.24, 2.45) is 0 Å². The molecule has 0 radical (unpaired) electrons. The molecule has 32 heavy (non-hydrogen) atoms. The zero-order valence-corrected chi connectivity index (χ0v) is 14.8. The number of amides is 1. The molecule has 2 N–H and O–H groups in total. The van der Waals surface area contributed by atoms with Crippen LogP contribution in [0.2, 0.25) is 0 Å². The molecule has 0 saturated carbocycles. The smallest absolute Gasteiger partial charge is 0.392 e. The van der Waals surface area contributed by atoms with Gasteiger partial charge >= 0.3 is 47.9 Å². The fourth-order valence-electron chi connectivity index (χ4n) is 1.83. The quantitative estimate of drug-likeness (QED) is 0.294. The lowest BCUT2D eigenvalue weighted by molar-refractivity contribution is -0.443. The standard InChI is InChI=1S/C13H11F16NO2/c14-5(15)7(16,17)9(20,21)11(24,25)13(28,29)12(26,27)10(22,23)8(18,19)6(32)30-3-1-2-4-31/h5,31H,1-4H2,(H,30,32). The molecule has 0 aliphatic rings. The van der Waals surface area contributed by atoms with E-state index in [-0.39, 0.29) is 6.42 Å². The maximum Gasteiger partial charge on any atom is 0.392 e. The van der Waals surface area contributed by atoms with E-state index in [9.17, 15) is 75.0 Å². The van der Waals surface area contributed by atoms with Crippen molar-refractivity contribution in [3.8, 4) is 0 Å². The lowest BCUT2D eigenvalue weighted by Gasteiger charge is -2.42. The third-order valence-electron chi connectivity index (χ3n) is 3.82. The first-order valence-corrected chi connectivity index (χ1v) is 7.74. The maximum absolute atomic E-state index is 13.5. The predicted octanol–water partition coefficient (Wildman–Crippen LogP) is 4.59. The number of carbonyl (C=O) groups is 1. The Morgan fingerprint density at radius 1 is 0.656 bits per heavy atom. The lowest BCUT2D eigenvalue weighted by Crippen LogP contribution is -2.74. The normalized spacial score (nSPS) is 15.3. The van der Waals surface area contributed by atoms with Gasteiger partial charge in [-0.05, 0) is 12.8 Å². The fourth-order valence-corrected chi connectivity index (χ4v) is 1.83. The predicted molar refractivity (Wildman–Crippen MR) is 70.0 cm³/mol. The van der Waals surface area contributed by atoms with Crippen molar-refractivity contribution >= 4 is 5.91 Å². The SMILES string of the molecule is O=C(NCCCCO)C(F)(F)C(F)(F)C(F)(F)C(F)(F)C(F)(F)C(F)(F)C(F)(F)C(F)F. The number of hydrogen-bond acceptors (Lipinski definition) is 2. The molecule has 0 atom stereocenters. The third kappa shape index (κ3) is 4.27. The number of nitrogens with one attached hydrogen (secondary N) is 1. The van der Waals surface area contributed by atoms with Crippen LogP contribution in [-0.4, -0.2) is 72.0 Å². The fraction of sp³-hybridized carbons (Fsp3) is 0.923. The highest BCUT2D eigenvalue weighted by Gasteiger charge is 2.94. The summed E-state index contributed by atoms with van der Waals surface area (Å²) >= 11 is 0. The average Bonchev–Trinajstić information content (AvgIpc) is 2.63. The Morgan fingerprint density at radius 3 is 1.41 bits per heavy atom. The van der Waals surface area contributed by atoms with Crippen LogP contribution in [0.3, 0.4) is 0 Å². The number of rotatable bonds is 12. The molecule has 0 spiro atoms. The van der Waals surface area contributed by atoms with E-state index >= 15 is 0 Å². The number of alkyl halides is 16. The molecule has 0 aromatic heterocycles. The summed E-state index contributed by atoms with van der Waals surface area (Å²) in [5.74, 6) is -59.5. The molecule has 3 nitrogen and oxygen atoms in total. The number of unbranched alkanes of at least 4 members (excludes halogenated alkanes) is 1. The van der Waals surface area contributed by atoms with Crippen molar-refractivity contribution in [1.29, 1.82) is 0 Å². The van der Waals surface area contributed by atoms with Crippen LogP contribution in [0.15, 0.2) is 0 Å². The van der Waals surface area contributed by atoms with Gasteiger partial charge in [0, 0.05) is 13.2 Å². The van der Waals surface area contributed by atoms with Gasteiger partial charge in [0.05, 0.1) is 0 Å². The molecule has 192 valence electrons. The molecular weight excluding hydrogens is 506 g/mol. The molecule has 0 aromatic carbocycles. The monoisotopic (exact) mass is 517 g/mol. The Hall–Kier alpha value is -1.69. The van der Waals surface area contributed by atoms with E-state index in [0.717, 1.165) is 5.32 Å². The van der Waals surface area contributed by atoms with E-state index in [1.54, 1.807) is 0 Å². The summed E-state index contributed by atoms with van der Waals surface area (Å²) in [5.41, 5.74) is 0. The summed E-state index contributed by atoms with van der Waals surface area (Å²) in [5, 5.41) is 9.14. The number of aliphatic hydroxyl groups excluding tert-OH is 1. The van der Waals surface area contributed by atoms with Crippen molar-refractivity contribution in [2.45, 2.75) is 60.7 Å². The van der Waals surface area contributed by atoms with E-state index in [2.05, 4.69) is 0 Å². The second kappa shape index (κ2) is 8.92. The van der Waals surface area contributed by atoms with Gasteiger partial charge in [-0.2, -0.15) is 61.5 Å². The Bertz CT molecular complexity index is 662. The van der Waals surface area contributed by atoms with Crippen LogP contribution < -0.4 is 5.32 Å². The van der Waals surface area contributed by atoms with Crippen molar-refractivity contribution in [2.75, 3.05) is 13.2 Å². The first-order valence-electron chi connectivity index (χ1n) is 7.74. The summed E-state index contributed by atoms with van der Waals surface area (Å²) in [7, 11) is 0. The van der Waals surface area contributed by atoms with Crippen LogP contribution in [0.1, 0.15) is 12.8 Å². The van der Waals surface area contributed by atoms with Crippen LogP contribution in [0.25, 0.3) is 0 Å². The van der Waals surface area contributed by atoms with Crippen molar-refractivity contribution in [3.63, 3.8) is 0 Å². The Balaban J connectivity index is 6.35. The van der Waals surface area contributed by atoms with E-state index in [1.807, 2.05) is 0 Å². The van der Waals surface area contributed by atoms with Crippen LogP contribution in [0.4, 0.5) is 70.2 Å². The highest BCUT2D eigenvalue weighted by molar-refractivity contribution is 5.84. The molecule has 0 heterocycles. The van der Waals surface area contributed by atoms with Gasteiger partial charge in [0.25, 0.3) is 5.91 Å². The minimum atomic E-state index is -8.54. The lowest BCUT2D eigenvalue weighted by atomic mass is 9.89. The van der Waals surface area contributed by atoms with Crippen LogP contribution in [0, 0.1) is 0 Å². The number of hydrogen-bond donors (Lipinski definition) is 2. The molecule has 0 bridgehead atoms. The summed E-state index contributed by atoms with van der Waals surface area (Å²) in [6, 6.07) is 0. The molecule has 0 saturated heterocycles. The Kier molecular flexibility index (Phi) is 8.45. The van der Waals surface area contributed by atoms with Gasteiger partial charge in [-0.1, -0.05) is 0 Å². The van der Waals surface area contributed by atoms with Gasteiger partial charge in [0.2, 0.25) is 0 Å². The summed E-state index contributed by atoms with van der Waals surface area (Å²) in [6.07, 6.45) is -6.70. The summed E-state index contributed by atoms with van der Waals surface area (Å²) in [4.78, 5) is 11.0. The average molecular weight is 517 g/mol. The minimum Gasteiger partial charge on any atom is -0.396 e. The van der Waals surface area contributed by atoms with Crippen molar-refractivity contribution < 1.29 is 80.1 Å². The number of carbonyl (C=O) groups excluding carboxylic acids is 1. The zero-order valence-electron chi connectivity index (χ0n) is 14.8. The Morgan fingerprint density at radius 2 is 1.03 bits per heavy atom. The highest BCUT2D eigenvalue weighted by Crippen LogP contribution is 2.62. The largest absolute Gasteiger partial charge is 0.396 e. The van der Waals surface area contributed by atoms with Crippen molar-refractivity contribution in [1.82, 2.24) is 5.32 Å². The van der Waals surface area contributed by atoms with E-state index in [4.69, 9.17) is 5.11 Å². The molecule has 0 unspecified atom stereocenters. The van der Waals surface area contributed by atoms with Gasteiger partial charge in [-0.15, -0.1) is 0 Å². The first-order chi connectivity index (χ1) is 13.9. The zero-order chi connectivity index (χ0) is 26.2. The third-order valence-corrected chi connectivity index (χ3v) is 3.82.